The molecule has 4 aliphatic heterocycles. The lowest BCUT2D eigenvalue weighted by Crippen LogP contribution is -2.60. The first-order chi connectivity index (χ1) is 31.6. The van der Waals surface area contributed by atoms with E-state index in [1.165, 1.54) is 16.3 Å². The van der Waals surface area contributed by atoms with Gasteiger partial charge in [0.1, 0.15) is 12.1 Å². The van der Waals surface area contributed by atoms with E-state index >= 15 is 0 Å². The third-order valence-electron chi connectivity index (χ3n) is 13.4. The number of cyclic esters (lactones) is 1. The maximum absolute atomic E-state index is 14.4. The van der Waals surface area contributed by atoms with Gasteiger partial charge in [-0.2, -0.15) is 0 Å². The third kappa shape index (κ3) is 10.4. The average molecular weight is 921 g/mol. The van der Waals surface area contributed by atoms with Crippen molar-refractivity contribution in [2.45, 2.75) is 123 Å². The van der Waals surface area contributed by atoms with Crippen LogP contribution in [0.5, 0.6) is 0 Å². The molecule has 66 heavy (non-hydrogen) atoms. The van der Waals surface area contributed by atoms with Crippen molar-refractivity contribution in [3.8, 4) is 34.4 Å². The number of hydrogen-bond donors (Lipinski definition) is 2. The summed E-state index contributed by atoms with van der Waals surface area (Å²) < 4.78 is 20.3. The van der Waals surface area contributed by atoms with Crippen LogP contribution in [0.1, 0.15) is 96.0 Å². The molecule has 15 nitrogen and oxygen atoms in total. The van der Waals surface area contributed by atoms with Gasteiger partial charge in [0.2, 0.25) is 5.91 Å². The predicted molar refractivity (Wildman–Crippen MR) is 253 cm³/mol. The molecule has 0 radical (unpaired) electrons. The number of aryl methyl sites for hydroxylation is 1. The molecule has 4 atom stereocenters. The molecule has 3 amide bonds. The highest BCUT2D eigenvalue weighted by Crippen LogP contribution is 2.42. The van der Waals surface area contributed by atoms with E-state index in [1.807, 2.05) is 32.2 Å². The van der Waals surface area contributed by atoms with Crippen molar-refractivity contribution in [1.29, 1.82) is 0 Å². The summed E-state index contributed by atoms with van der Waals surface area (Å²) >= 11 is 1.44. The van der Waals surface area contributed by atoms with Crippen LogP contribution in [0.3, 0.4) is 0 Å². The zero-order valence-corrected chi connectivity index (χ0v) is 40.2. The molecule has 8 rings (SSSR count). The molecule has 0 unspecified atom stereocenters. The Kier molecular flexibility index (Phi) is 14.3. The smallest absolute Gasteiger partial charge is 0.324 e. The molecule has 2 N–H and O–H groups in total. The number of hydrogen-bond acceptors (Lipinski definition) is 12. The SMILES string of the molecule is CCn1c(-c2cccnc2[C@H](C)OC)c2c3cc(ccc31)-c1csc(n1)C[C@H](NC(=O)CCO[C@H]1CCN(C(=O)C#CC(C)(C)N3CCC3)C1)C(=O)N1CCC[C@H](N1)C(=O)OCC(C)(C)C2. The molecule has 0 spiro atoms. The highest BCUT2D eigenvalue weighted by Gasteiger charge is 2.36. The first-order valence-electron chi connectivity index (χ1n) is 23.4. The van der Waals surface area contributed by atoms with Gasteiger partial charge in [0, 0.05) is 98.2 Å². The van der Waals surface area contributed by atoms with Crippen molar-refractivity contribution in [2.75, 3.05) is 53.0 Å². The van der Waals surface area contributed by atoms with E-state index in [4.69, 9.17) is 24.2 Å². The fourth-order valence-corrected chi connectivity index (χ4v) is 10.3. The van der Waals surface area contributed by atoms with Gasteiger partial charge in [0.05, 0.1) is 53.1 Å². The van der Waals surface area contributed by atoms with Crippen molar-refractivity contribution in [3.63, 3.8) is 0 Å². The van der Waals surface area contributed by atoms with Crippen molar-refractivity contribution in [2.24, 2.45) is 5.41 Å². The number of likely N-dealkylation sites (tertiary alicyclic amines) is 2. The van der Waals surface area contributed by atoms with Gasteiger partial charge in [0.15, 0.2) is 0 Å². The molecule has 4 aliphatic rings. The van der Waals surface area contributed by atoms with Gasteiger partial charge in [-0.05, 0) is 95.5 Å². The summed E-state index contributed by atoms with van der Waals surface area (Å²) in [6.07, 6.45) is 4.99. The van der Waals surface area contributed by atoms with Crippen LogP contribution in [0.15, 0.2) is 41.9 Å². The summed E-state index contributed by atoms with van der Waals surface area (Å²) in [5, 5.41) is 8.18. The monoisotopic (exact) mass is 920 g/mol. The standard InChI is InChI=1S/C50H64N8O7S/c1-8-57-41-15-14-33-26-36(41)37(46(57)35-12-9-20-51-45(35)32(2)63-7)28-49(3,4)31-65-48(62)38-13-10-23-58(54-38)47(61)39(27-43-53-40(33)30-66-43)52-42(59)18-25-64-34-17-24-55(29-34)44(60)16-19-50(5,6)56-21-11-22-56/h9,12,14-15,20,26,30,32,34,38-39,54H,8,10-11,13,17-18,21-25,27-29,31H2,1-7H3,(H,52,59)/t32-,34-,38-,39-/m0/s1. The predicted octanol–water partition coefficient (Wildman–Crippen LogP) is 5.70. The third-order valence-corrected chi connectivity index (χ3v) is 14.3. The molecule has 0 aliphatic carbocycles. The number of ether oxygens (including phenoxy) is 3. The van der Waals surface area contributed by atoms with Crippen molar-refractivity contribution in [1.82, 2.24) is 40.1 Å². The molecule has 4 aromatic rings. The van der Waals surface area contributed by atoms with Crippen molar-refractivity contribution < 1.29 is 33.4 Å². The molecule has 0 saturated carbocycles. The summed E-state index contributed by atoms with van der Waals surface area (Å²) in [7, 11) is 1.69. The molecule has 1 aromatic carbocycles. The Hall–Kier alpha value is -5.18. The molecule has 352 valence electrons. The average Bonchev–Trinajstić information content (AvgIpc) is 4.03. The number of benzene rings is 1. The maximum atomic E-state index is 14.4. The summed E-state index contributed by atoms with van der Waals surface area (Å²) in [6.45, 7) is 16.7. The number of fused-ring (bicyclic) bond motifs is 6. The Morgan fingerprint density at radius 1 is 1.12 bits per heavy atom. The summed E-state index contributed by atoms with van der Waals surface area (Å²) in [6, 6.07) is 8.77. The molecule has 7 heterocycles. The van der Waals surface area contributed by atoms with Crippen LogP contribution < -0.4 is 10.7 Å². The Bertz CT molecular complexity index is 2520. The number of aromatic nitrogens is 3. The Morgan fingerprint density at radius 3 is 2.70 bits per heavy atom. The van der Waals surface area contributed by atoms with Crippen LogP contribution in [0.25, 0.3) is 33.4 Å². The number of hydrazine groups is 1. The summed E-state index contributed by atoms with van der Waals surface area (Å²) in [4.78, 5) is 68.5. The number of rotatable bonds is 10. The lowest BCUT2D eigenvalue weighted by Gasteiger charge is -2.41. The Morgan fingerprint density at radius 2 is 1.94 bits per heavy atom. The minimum Gasteiger partial charge on any atom is -0.464 e. The number of carbonyl (C=O) groups is 4. The van der Waals surface area contributed by atoms with Gasteiger partial charge >= 0.3 is 5.97 Å². The van der Waals surface area contributed by atoms with E-state index in [0.717, 1.165) is 64.2 Å². The Balaban J connectivity index is 1.03. The van der Waals surface area contributed by atoms with E-state index in [1.54, 1.807) is 18.2 Å². The van der Waals surface area contributed by atoms with Gasteiger partial charge in [-0.15, -0.1) is 11.3 Å². The molecular formula is C50H64N8O7S. The van der Waals surface area contributed by atoms with Gasteiger partial charge in [-0.25, -0.2) is 10.4 Å². The first-order valence-corrected chi connectivity index (χ1v) is 24.3. The van der Waals surface area contributed by atoms with Crippen molar-refractivity contribution >= 4 is 45.9 Å². The molecule has 3 fully saturated rings. The van der Waals surface area contributed by atoms with Crippen molar-refractivity contribution in [3.05, 3.63) is 58.2 Å². The van der Waals surface area contributed by atoms with Crippen LogP contribution in [-0.2, 0) is 52.8 Å². The molecule has 3 saturated heterocycles. The normalized spacial score (nSPS) is 22.0. The van der Waals surface area contributed by atoms with Gasteiger partial charge < -0.3 is 29.0 Å². The minimum absolute atomic E-state index is 0.0198. The van der Waals surface area contributed by atoms with Crippen LogP contribution in [-0.4, -0.2) is 130 Å². The van der Waals surface area contributed by atoms with Gasteiger partial charge in [-0.3, -0.25) is 34.1 Å². The number of nitrogens with zero attached hydrogens (tertiary/aromatic N) is 6. The fraction of sp³-hybridized carbons (Fsp3) is 0.560. The van der Waals surface area contributed by atoms with E-state index in [-0.39, 0.29) is 61.5 Å². The molecule has 3 aromatic heterocycles. The second-order valence-electron chi connectivity index (χ2n) is 19.3. The largest absolute Gasteiger partial charge is 0.464 e. The number of methoxy groups -OCH3 is 1. The quantitative estimate of drug-likeness (QED) is 0.149. The second-order valence-corrected chi connectivity index (χ2v) is 20.2. The number of carbonyl (C=O) groups excluding carboxylic acids is 4. The Labute approximate surface area is 391 Å². The maximum Gasteiger partial charge on any atom is 0.324 e. The zero-order chi connectivity index (χ0) is 46.8. The lowest BCUT2D eigenvalue weighted by atomic mass is 9.84. The molecule has 16 heteroatoms. The fourth-order valence-electron chi connectivity index (χ4n) is 9.44. The van der Waals surface area contributed by atoms with Crippen LogP contribution >= 0.6 is 11.3 Å². The van der Waals surface area contributed by atoms with E-state index in [9.17, 15) is 19.2 Å². The number of nitrogens with one attached hydrogen (secondary N) is 2. The van der Waals surface area contributed by atoms with Crippen LogP contribution in [0.2, 0.25) is 0 Å². The number of esters is 1. The molecular weight excluding hydrogens is 857 g/mol. The summed E-state index contributed by atoms with van der Waals surface area (Å²) in [5.74, 6) is 4.65. The zero-order valence-electron chi connectivity index (χ0n) is 39.4. The van der Waals surface area contributed by atoms with Crippen LogP contribution in [0.4, 0.5) is 0 Å². The van der Waals surface area contributed by atoms with E-state index in [0.29, 0.717) is 56.9 Å². The van der Waals surface area contributed by atoms with Gasteiger partial charge in [0.25, 0.3) is 11.8 Å². The highest BCUT2D eigenvalue weighted by molar-refractivity contribution is 7.10. The van der Waals surface area contributed by atoms with E-state index in [2.05, 4.69) is 77.1 Å². The second kappa shape index (κ2) is 20.0. The van der Waals surface area contributed by atoms with Gasteiger partial charge in [-0.1, -0.05) is 25.8 Å². The molecule has 6 bridgehead atoms. The minimum atomic E-state index is -0.964. The summed E-state index contributed by atoms with van der Waals surface area (Å²) in [5.41, 5.74) is 9.08. The lowest BCUT2D eigenvalue weighted by molar-refractivity contribution is -0.155. The van der Waals surface area contributed by atoms with E-state index < -0.39 is 23.5 Å². The number of pyridine rings is 1. The number of amides is 3. The topological polar surface area (TPSA) is 160 Å². The highest BCUT2D eigenvalue weighted by atomic mass is 32.1. The first kappa shape index (κ1) is 47.3. The van der Waals surface area contributed by atoms with Crippen LogP contribution in [0, 0.1) is 17.3 Å². The number of thiazole rings is 1.